The summed E-state index contributed by atoms with van der Waals surface area (Å²) in [4.78, 5) is 24.9. The van der Waals surface area contributed by atoms with Crippen molar-refractivity contribution in [1.29, 1.82) is 0 Å². The molecular weight excluding hydrogens is 272 g/mol. The van der Waals surface area contributed by atoms with Crippen molar-refractivity contribution in [1.82, 2.24) is 15.4 Å². The van der Waals surface area contributed by atoms with Crippen molar-refractivity contribution in [2.75, 3.05) is 26.0 Å². The Kier molecular flexibility index (Phi) is 5.34. The molecule has 0 saturated heterocycles. The molecule has 1 aromatic heterocycles. The lowest BCUT2D eigenvalue weighted by atomic mass is 9.93. The molecule has 2 N–H and O–H groups in total. The van der Waals surface area contributed by atoms with Crippen LogP contribution in [0.25, 0.3) is 0 Å². The molecule has 3 amide bonds. The number of nitrogens with zero attached hydrogens (tertiary/aromatic N) is 2. The zero-order valence-corrected chi connectivity index (χ0v) is 13.5. The van der Waals surface area contributed by atoms with Crippen LogP contribution in [-0.2, 0) is 10.2 Å². The molecule has 0 radical (unpaired) electrons. The van der Waals surface area contributed by atoms with Crippen molar-refractivity contribution in [3.63, 3.8) is 0 Å². The van der Waals surface area contributed by atoms with Gasteiger partial charge in [0, 0.05) is 32.1 Å². The zero-order valence-electron chi connectivity index (χ0n) is 13.5. The van der Waals surface area contributed by atoms with Crippen LogP contribution in [0, 0.1) is 5.92 Å². The summed E-state index contributed by atoms with van der Waals surface area (Å²) < 4.78 is 5.20. The maximum Gasteiger partial charge on any atom is 0.322 e. The van der Waals surface area contributed by atoms with Crippen molar-refractivity contribution < 1.29 is 14.1 Å². The second-order valence-corrected chi connectivity index (χ2v) is 6.15. The SMILES string of the molecule is CNC(=O)[C@@H](C)CN(C)C(=O)Nc1cc(C(C)(C)C)on1. The molecule has 0 unspecified atom stereocenters. The molecule has 1 heterocycles. The molecule has 1 aromatic rings. The monoisotopic (exact) mass is 296 g/mol. The number of carbonyl (C=O) groups is 2. The fraction of sp³-hybridized carbons (Fsp3) is 0.643. The molecule has 0 saturated carbocycles. The normalized spacial score (nSPS) is 12.7. The second kappa shape index (κ2) is 6.60. The van der Waals surface area contributed by atoms with Crippen molar-refractivity contribution in [3.8, 4) is 0 Å². The first-order valence-electron chi connectivity index (χ1n) is 6.86. The molecule has 0 bridgehead atoms. The first kappa shape index (κ1) is 17.0. The van der Waals surface area contributed by atoms with Crippen LogP contribution in [0.5, 0.6) is 0 Å². The molecule has 7 heteroatoms. The number of nitrogens with one attached hydrogen (secondary N) is 2. The molecule has 21 heavy (non-hydrogen) atoms. The van der Waals surface area contributed by atoms with Crippen molar-refractivity contribution >= 4 is 17.8 Å². The van der Waals surface area contributed by atoms with Gasteiger partial charge in [-0.15, -0.1) is 0 Å². The molecule has 1 rings (SSSR count). The van der Waals surface area contributed by atoms with E-state index in [4.69, 9.17) is 4.52 Å². The van der Waals surface area contributed by atoms with E-state index in [0.717, 1.165) is 0 Å². The first-order chi connectivity index (χ1) is 9.65. The molecule has 118 valence electrons. The Hall–Kier alpha value is -2.05. The fourth-order valence-electron chi connectivity index (χ4n) is 1.72. The van der Waals surface area contributed by atoms with E-state index in [1.807, 2.05) is 20.8 Å². The Balaban J connectivity index is 2.60. The molecule has 0 spiro atoms. The highest BCUT2D eigenvalue weighted by Crippen LogP contribution is 2.24. The van der Waals surface area contributed by atoms with Crippen molar-refractivity contribution in [2.24, 2.45) is 5.92 Å². The third kappa shape index (κ3) is 4.77. The van der Waals surface area contributed by atoms with E-state index in [0.29, 0.717) is 18.1 Å². The van der Waals surface area contributed by atoms with E-state index < -0.39 is 0 Å². The minimum atomic E-state index is -0.334. The average Bonchev–Trinajstić information content (AvgIpc) is 2.85. The molecule has 0 aromatic carbocycles. The predicted octanol–water partition coefficient (Wildman–Crippen LogP) is 1.82. The van der Waals surface area contributed by atoms with Gasteiger partial charge in [-0.05, 0) is 0 Å². The summed E-state index contributed by atoms with van der Waals surface area (Å²) in [6.45, 7) is 8.06. The number of hydrogen-bond donors (Lipinski definition) is 2. The maximum absolute atomic E-state index is 12.0. The van der Waals surface area contributed by atoms with Gasteiger partial charge in [-0.3, -0.25) is 10.1 Å². The third-order valence-electron chi connectivity index (χ3n) is 3.07. The van der Waals surface area contributed by atoms with Gasteiger partial charge in [0.15, 0.2) is 5.82 Å². The van der Waals surface area contributed by atoms with Crippen LogP contribution in [-0.4, -0.2) is 42.6 Å². The number of urea groups is 1. The van der Waals surface area contributed by atoms with Crippen molar-refractivity contribution in [2.45, 2.75) is 33.1 Å². The standard InChI is InChI=1S/C14H24N4O3/c1-9(12(19)15-5)8-18(6)13(20)16-11-7-10(21-17-11)14(2,3)4/h7,9H,8H2,1-6H3,(H,15,19)(H,16,17,20)/t9-/m0/s1. The van der Waals surface area contributed by atoms with E-state index in [9.17, 15) is 9.59 Å². The summed E-state index contributed by atoms with van der Waals surface area (Å²) in [6.07, 6.45) is 0. The summed E-state index contributed by atoms with van der Waals surface area (Å²) >= 11 is 0. The van der Waals surface area contributed by atoms with Gasteiger partial charge >= 0.3 is 6.03 Å². The van der Waals surface area contributed by atoms with E-state index in [1.165, 1.54) is 4.90 Å². The summed E-state index contributed by atoms with van der Waals surface area (Å²) in [6, 6.07) is 1.37. The number of carbonyl (C=O) groups excluding carboxylic acids is 2. The lowest BCUT2D eigenvalue weighted by Gasteiger charge is -2.20. The van der Waals surface area contributed by atoms with Crippen LogP contribution in [0.2, 0.25) is 0 Å². The molecule has 0 aliphatic rings. The van der Waals surface area contributed by atoms with E-state index >= 15 is 0 Å². The quantitative estimate of drug-likeness (QED) is 0.887. The summed E-state index contributed by atoms with van der Waals surface area (Å²) in [7, 11) is 3.20. The van der Waals surface area contributed by atoms with E-state index in [-0.39, 0.29) is 23.3 Å². The first-order valence-corrected chi connectivity index (χ1v) is 6.86. The van der Waals surface area contributed by atoms with Gasteiger partial charge in [-0.1, -0.05) is 32.9 Å². The summed E-state index contributed by atoms with van der Waals surface area (Å²) in [5, 5.41) is 9.02. The lowest BCUT2D eigenvalue weighted by Crippen LogP contribution is -2.39. The molecule has 0 fully saturated rings. The Morgan fingerprint density at radius 2 is 2.05 bits per heavy atom. The largest absolute Gasteiger partial charge is 0.359 e. The minimum Gasteiger partial charge on any atom is -0.359 e. The fourth-order valence-corrected chi connectivity index (χ4v) is 1.72. The number of aromatic nitrogens is 1. The molecule has 0 aliphatic carbocycles. The molecule has 0 aliphatic heterocycles. The van der Waals surface area contributed by atoms with Crippen LogP contribution in [0.4, 0.5) is 10.6 Å². The van der Waals surface area contributed by atoms with E-state index in [1.54, 1.807) is 27.1 Å². The van der Waals surface area contributed by atoms with Gasteiger partial charge in [0.2, 0.25) is 5.91 Å². The van der Waals surface area contributed by atoms with Gasteiger partial charge < -0.3 is 14.7 Å². The lowest BCUT2D eigenvalue weighted by molar-refractivity contribution is -0.124. The highest BCUT2D eigenvalue weighted by atomic mass is 16.5. The van der Waals surface area contributed by atoms with Crippen LogP contribution in [0.15, 0.2) is 10.6 Å². The van der Waals surface area contributed by atoms with Gasteiger partial charge in [0.25, 0.3) is 0 Å². The molecule has 1 atom stereocenters. The Morgan fingerprint density at radius 3 is 2.52 bits per heavy atom. The zero-order chi connectivity index (χ0) is 16.2. The average molecular weight is 296 g/mol. The summed E-state index contributed by atoms with van der Waals surface area (Å²) in [5.41, 5.74) is -0.171. The van der Waals surface area contributed by atoms with Gasteiger partial charge in [0.1, 0.15) is 5.76 Å². The highest BCUT2D eigenvalue weighted by molar-refractivity contribution is 5.88. The Morgan fingerprint density at radius 1 is 1.43 bits per heavy atom. The van der Waals surface area contributed by atoms with Crippen LogP contribution in [0.3, 0.4) is 0 Å². The number of amides is 3. The number of hydrogen-bond acceptors (Lipinski definition) is 4. The van der Waals surface area contributed by atoms with Gasteiger partial charge in [0.05, 0.1) is 5.92 Å². The minimum absolute atomic E-state index is 0.105. The second-order valence-electron chi connectivity index (χ2n) is 6.15. The van der Waals surface area contributed by atoms with Crippen LogP contribution >= 0.6 is 0 Å². The smallest absolute Gasteiger partial charge is 0.322 e. The number of anilines is 1. The molecule has 7 nitrogen and oxygen atoms in total. The maximum atomic E-state index is 12.0. The van der Waals surface area contributed by atoms with E-state index in [2.05, 4.69) is 15.8 Å². The van der Waals surface area contributed by atoms with Crippen LogP contribution in [0.1, 0.15) is 33.5 Å². The number of rotatable bonds is 4. The summed E-state index contributed by atoms with van der Waals surface area (Å²) in [5.74, 6) is 0.669. The molecular formula is C14H24N4O3. The third-order valence-corrected chi connectivity index (χ3v) is 3.07. The van der Waals surface area contributed by atoms with Gasteiger partial charge in [-0.25, -0.2) is 4.79 Å². The predicted molar refractivity (Wildman–Crippen MR) is 80.1 cm³/mol. The van der Waals surface area contributed by atoms with Gasteiger partial charge in [-0.2, -0.15) is 0 Å². The topological polar surface area (TPSA) is 87.5 Å². The Bertz CT molecular complexity index is 505. The van der Waals surface area contributed by atoms with Crippen molar-refractivity contribution in [3.05, 3.63) is 11.8 Å². The highest BCUT2D eigenvalue weighted by Gasteiger charge is 2.22. The Labute approximate surface area is 125 Å². The van der Waals surface area contributed by atoms with Crippen LogP contribution < -0.4 is 10.6 Å².